The van der Waals surface area contributed by atoms with Gasteiger partial charge in [0.2, 0.25) is 0 Å². The molecule has 0 aromatic heterocycles. The van der Waals surface area contributed by atoms with Gasteiger partial charge in [0.15, 0.2) is 0 Å². The summed E-state index contributed by atoms with van der Waals surface area (Å²) in [5.74, 6) is -0.589. The minimum atomic E-state index is -0.975. The first-order chi connectivity index (χ1) is 7.70. The average Bonchev–Trinajstić information content (AvgIpc) is 2.28. The van der Waals surface area contributed by atoms with Gasteiger partial charge < -0.3 is 14.6 Å². The molecule has 0 saturated carbocycles. The molecule has 0 fully saturated rings. The molecule has 16 heavy (non-hydrogen) atoms. The second-order valence-corrected chi connectivity index (χ2v) is 3.83. The molecule has 0 atom stereocenters. The Bertz CT molecular complexity index is 365. The van der Waals surface area contributed by atoms with E-state index in [1.165, 1.54) is 11.8 Å². The van der Waals surface area contributed by atoms with Crippen molar-refractivity contribution < 1.29 is 19.4 Å². The van der Waals surface area contributed by atoms with E-state index in [-0.39, 0.29) is 5.56 Å². The average molecular weight is 242 g/mol. The van der Waals surface area contributed by atoms with E-state index in [0.29, 0.717) is 23.9 Å². The summed E-state index contributed by atoms with van der Waals surface area (Å²) in [5.41, 5.74) is 0.214. The van der Waals surface area contributed by atoms with Gasteiger partial charge in [-0.25, -0.2) is 4.79 Å². The Hall–Kier alpha value is -1.20. The molecule has 1 aromatic carbocycles. The molecule has 0 saturated heterocycles. The number of hydrogen-bond acceptors (Lipinski definition) is 4. The highest BCUT2D eigenvalue weighted by atomic mass is 32.2. The predicted octanol–water partition coefficient (Wildman–Crippen LogP) is 2.13. The van der Waals surface area contributed by atoms with E-state index in [9.17, 15) is 4.79 Å². The highest BCUT2D eigenvalue weighted by Crippen LogP contribution is 2.28. The maximum atomic E-state index is 11.1. The molecule has 0 bridgehead atoms. The van der Waals surface area contributed by atoms with Gasteiger partial charge in [0.1, 0.15) is 17.9 Å². The molecule has 0 heterocycles. The molecule has 0 amide bonds. The van der Waals surface area contributed by atoms with Crippen LogP contribution in [-0.2, 0) is 4.74 Å². The molecular formula is C11H14O4S. The van der Waals surface area contributed by atoms with Gasteiger partial charge in [-0.05, 0) is 18.4 Å². The SMILES string of the molecule is COCCOc1cccc(SC)c1C(=O)O. The summed E-state index contributed by atoms with van der Waals surface area (Å²) in [4.78, 5) is 11.8. The number of rotatable bonds is 6. The molecule has 0 unspecified atom stereocenters. The number of carboxylic acid groups (broad SMARTS) is 1. The Kier molecular flexibility index (Phi) is 5.14. The van der Waals surface area contributed by atoms with Crippen molar-refractivity contribution in [3.05, 3.63) is 23.8 Å². The van der Waals surface area contributed by atoms with Crippen LogP contribution in [0.1, 0.15) is 10.4 Å². The lowest BCUT2D eigenvalue weighted by Crippen LogP contribution is -2.09. The molecule has 0 spiro atoms. The van der Waals surface area contributed by atoms with Crippen molar-refractivity contribution in [1.82, 2.24) is 0 Å². The summed E-state index contributed by atoms with van der Waals surface area (Å²) in [6.07, 6.45) is 1.83. The number of carboxylic acids is 1. The van der Waals surface area contributed by atoms with Crippen LogP contribution in [0.2, 0.25) is 0 Å². The summed E-state index contributed by atoms with van der Waals surface area (Å²) in [6.45, 7) is 0.775. The van der Waals surface area contributed by atoms with E-state index >= 15 is 0 Å². The number of aromatic carboxylic acids is 1. The van der Waals surface area contributed by atoms with Crippen LogP contribution in [0, 0.1) is 0 Å². The van der Waals surface area contributed by atoms with E-state index < -0.39 is 5.97 Å². The molecule has 1 aromatic rings. The van der Waals surface area contributed by atoms with Crippen LogP contribution in [0.4, 0.5) is 0 Å². The fourth-order valence-electron chi connectivity index (χ4n) is 1.25. The quantitative estimate of drug-likeness (QED) is 0.611. The van der Waals surface area contributed by atoms with Crippen LogP contribution >= 0.6 is 11.8 Å². The minimum absolute atomic E-state index is 0.214. The first kappa shape index (κ1) is 12.9. The molecule has 5 heteroatoms. The van der Waals surface area contributed by atoms with E-state index in [1.54, 1.807) is 25.3 Å². The summed E-state index contributed by atoms with van der Waals surface area (Å²) in [5, 5.41) is 9.11. The Morgan fingerprint density at radius 3 is 2.75 bits per heavy atom. The summed E-state index contributed by atoms with van der Waals surface area (Å²) in [6, 6.07) is 5.19. The van der Waals surface area contributed by atoms with E-state index in [4.69, 9.17) is 14.6 Å². The van der Waals surface area contributed by atoms with Crippen LogP contribution in [0.25, 0.3) is 0 Å². The van der Waals surface area contributed by atoms with Crippen molar-refractivity contribution in [2.75, 3.05) is 26.6 Å². The summed E-state index contributed by atoms with van der Waals surface area (Å²) >= 11 is 1.39. The molecule has 0 radical (unpaired) electrons. The van der Waals surface area contributed by atoms with Crippen LogP contribution in [0.5, 0.6) is 5.75 Å². The number of hydrogen-bond donors (Lipinski definition) is 1. The minimum Gasteiger partial charge on any atom is -0.490 e. The molecule has 0 aliphatic carbocycles. The molecule has 1 N–H and O–H groups in total. The highest BCUT2D eigenvalue weighted by Gasteiger charge is 2.15. The van der Waals surface area contributed by atoms with E-state index in [1.807, 2.05) is 6.26 Å². The maximum absolute atomic E-state index is 11.1. The fraction of sp³-hybridized carbons (Fsp3) is 0.364. The zero-order valence-electron chi connectivity index (χ0n) is 9.23. The number of thioether (sulfide) groups is 1. The second-order valence-electron chi connectivity index (χ2n) is 2.98. The summed E-state index contributed by atoms with van der Waals surface area (Å²) in [7, 11) is 1.57. The number of methoxy groups -OCH3 is 1. The molecule has 0 aliphatic heterocycles. The second kappa shape index (κ2) is 6.40. The largest absolute Gasteiger partial charge is 0.490 e. The molecule has 1 rings (SSSR count). The van der Waals surface area contributed by atoms with Crippen LogP contribution < -0.4 is 4.74 Å². The topological polar surface area (TPSA) is 55.8 Å². The van der Waals surface area contributed by atoms with Crippen molar-refractivity contribution in [3.63, 3.8) is 0 Å². The third kappa shape index (κ3) is 3.15. The molecule has 4 nitrogen and oxygen atoms in total. The zero-order valence-corrected chi connectivity index (χ0v) is 10.0. The normalized spacial score (nSPS) is 10.1. The highest BCUT2D eigenvalue weighted by molar-refractivity contribution is 7.98. The smallest absolute Gasteiger partial charge is 0.340 e. The fourth-order valence-corrected chi connectivity index (χ4v) is 1.85. The third-order valence-corrected chi connectivity index (χ3v) is 2.75. The maximum Gasteiger partial charge on any atom is 0.340 e. The lowest BCUT2D eigenvalue weighted by molar-refractivity contribution is 0.0685. The predicted molar refractivity (Wildman–Crippen MR) is 62.6 cm³/mol. The number of ether oxygens (including phenoxy) is 2. The monoisotopic (exact) mass is 242 g/mol. The van der Waals surface area contributed by atoms with Crippen molar-refractivity contribution in [1.29, 1.82) is 0 Å². The first-order valence-electron chi connectivity index (χ1n) is 4.72. The lowest BCUT2D eigenvalue weighted by atomic mass is 10.2. The number of benzene rings is 1. The van der Waals surface area contributed by atoms with Gasteiger partial charge in [0.05, 0.1) is 6.61 Å². The van der Waals surface area contributed by atoms with Crippen molar-refractivity contribution >= 4 is 17.7 Å². The molecule has 0 aliphatic rings. The van der Waals surface area contributed by atoms with Gasteiger partial charge >= 0.3 is 5.97 Å². The molecular weight excluding hydrogens is 228 g/mol. The van der Waals surface area contributed by atoms with Gasteiger partial charge in [-0.3, -0.25) is 0 Å². The Balaban J connectivity index is 2.93. The van der Waals surface area contributed by atoms with Crippen molar-refractivity contribution in [3.8, 4) is 5.75 Å². The van der Waals surface area contributed by atoms with Gasteiger partial charge in [0.25, 0.3) is 0 Å². The lowest BCUT2D eigenvalue weighted by Gasteiger charge is -2.11. The van der Waals surface area contributed by atoms with Gasteiger partial charge in [-0.2, -0.15) is 0 Å². The van der Waals surface area contributed by atoms with E-state index in [2.05, 4.69) is 0 Å². The van der Waals surface area contributed by atoms with Crippen LogP contribution in [-0.4, -0.2) is 37.7 Å². The molecule has 88 valence electrons. The van der Waals surface area contributed by atoms with E-state index in [0.717, 1.165) is 0 Å². The summed E-state index contributed by atoms with van der Waals surface area (Å²) < 4.78 is 10.2. The van der Waals surface area contributed by atoms with Crippen LogP contribution in [0.15, 0.2) is 23.1 Å². The van der Waals surface area contributed by atoms with Crippen molar-refractivity contribution in [2.24, 2.45) is 0 Å². The van der Waals surface area contributed by atoms with Gasteiger partial charge in [-0.1, -0.05) is 6.07 Å². The number of carbonyl (C=O) groups is 1. The Morgan fingerprint density at radius 2 is 2.19 bits per heavy atom. The Morgan fingerprint density at radius 1 is 1.44 bits per heavy atom. The van der Waals surface area contributed by atoms with Crippen LogP contribution in [0.3, 0.4) is 0 Å². The standard InChI is InChI=1S/C11H14O4S/c1-14-6-7-15-8-4-3-5-9(16-2)10(8)11(12)13/h3-5H,6-7H2,1-2H3,(H,12,13). The van der Waals surface area contributed by atoms with Crippen molar-refractivity contribution in [2.45, 2.75) is 4.90 Å². The zero-order chi connectivity index (χ0) is 12.0. The van der Waals surface area contributed by atoms with Gasteiger partial charge in [-0.15, -0.1) is 11.8 Å². The Labute approximate surface area is 98.6 Å². The van der Waals surface area contributed by atoms with Gasteiger partial charge in [0, 0.05) is 12.0 Å². The third-order valence-electron chi connectivity index (χ3n) is 1.97. The first-order valence-corrected chi connectivity index (χ1v) is 5.95.